The molecule has 1 saturated heterocycles. The first-order valence-corrected chi connectivity index (χ1v) is 9.00. The van der Waals surface area contributed by atoms with Crippen LogP contribution in [0.25, 0.3) is 0 Å². The molecule has 1 aromatic heterocycles. The fourth-order valence-electron chi connectivity index (χ4n) is 3.15. The lowest BCUT2D eigenvalue weighted by molar-refractivity contribution is -0.131. The number of anilines is 1. The maximum atomic E-state index is 12.5. The van der Waals surface area contributed by atoms with Crippen LogP contribution >= 0.6 is 11.3 Å². The van der Waals surface area contributed by atoms with E-state index in [2.05, 4.69) is 41.9 Å². The highest BCUT2D eigenvalue weighted by molar-refractivity contribution is 7.13. The first-order valence-electron chi connectivity index (χ1n) is 8.12. The summed E-state index contributed by atoms with van der Waals surface area (Å²) in [5.74, 6) is 0.270. The van der Waals surface area contributed by atoms with Crippen molar-refractivity contribution in [2.75, 3.05) is 31.1 Å². The van der Waals surface area contributed by atoms with Crippen molar-refractivity contribution in [3.63, 3.8) is 0 Å². The van der Waals surface area contributed by atoms with Crippen molar-refractivity contribution >= 4 is 22.4 Å². The van der Waals surface area contributed by atoms with E-state index in [9.17, 15) is 4.79 Å². The van der Waals surface area contributed by atoms with Gasteiger partial charge in [0.2, 0.25) is 5.91 Å². The second-order valence-electron chi connectivity index (χ2n) is 6.05. The Morgan fingerprint density at radius 1 is 1.17 bits per heavy atom. The average Bonchev–Trinajstić information content (AvgIpc) is 3.09. The number of aromatic nitrogens is 1. The maximum Gasteiger partial charge on any atom is 0.223 e. The molecule has 2 heterocycles. The standard InChI is InChI=1S/C18H23N3OS/c1-14-4-3-5-15(2)16(14)6-7-17(22)20-9-11-21(12-10-20)18-19-8-13-23-18/h3-5,8,13H,6-7,9-12H2,1-2H3. The van der Waals surface area contributed by atoms with Crippen molar-refractivity contribution in [1.29, 1.82) is 0 Å². The third-order valence-corrected chi connectivity index (χ3v) is 5.39. The molecule has 0 aliphatic carbocycles. The molecule has 1 amide bonds. The Labute approximate surface area is 141 Å². The summed E-state index contributed by atoms with van der Waals surface area (Å²) in [5.41, 5.74) is 3.89. The monoisotopic (exact) mass is 329 g/mol. The molecule has 122 valence electrons. The Hall–Kier alpha value is -1.88. The van der Waals surface area contributed by atoms with E-state index in [-0.39, 0.29) is 5.91 Å². The molecule has 0 bridgehead atoms. The predicted octanol–water partition coefficient (Wildman–Crippen LogP) is 3.04. The van der Waals surface area contributed by atoms with Crippen LogP contribution in [0.2, 0.25) is 0 Å². The molecule has 4 nitrogen and oxygen atoms in total. The van der Waals surface area contributed by atoms with E-state index in [4.69, 9.17) is 0 Å². The summed E-state index contributed by atoms with van der Waals surface area (Å²) >= 11 is 1.66. The van der Waals surface area contributed by atoms with Gasteiger partial charge in [0.05, 0.1) is 0 Å². The fourth-order valence-corrected chi connectivity index (χ4v) is 3.85. The first kappa shape index (κ1) is 16.0. The third-order valence-electron chi connectivity index (χ3n) is 4.56. The smallest absolute Gasteiger partial charge is 0.223 e. The largest absolute Gasteiger partial charge is 0.345 e. The number of amides is 1. The van der Waals surface area contributed by atoms with Crippen molar-refractivity contribution in [3.05, 3.63) is 46.5 Å². The number of hydrogen-bond donors (Lipinski definition) is 0. The Morgan fingerprint density at radius 3 is 2.48 bits per heavy atom. The number of nitrogens with zero attached hydrogens (tertiary/aromatic N) is 3. The van der Waals surface area contributed by atoms with Crippen LogP contribution < -0.4 is 4.90 Å². The van der Waals surface area contributed by atoms with Crippen molar-refractivity contribution < 1.29 is 4.79 Å². The van der Waals surface area contributed by atoms with E-state index in [0.29, 0.717) is 6.42 Å². The molecular formula is C18H23N3OS. The molecule has 0 spiro atoms. The van der Waals surface area contributed by atoms with Crippen LogP contribution in [0.1, 0.15) is 23.1 Å². The highest BCUT2D eigenvalue weighted by Gasteiger charge is 2.22. The number of carbonyl (C=O) groups excluding carboxylic acids is 1. The van der Waals surface area contributed by atoms with Crippen LogP contribution in [-0.2, 0) is 11.2 Å². The third kappa shape index (κ3) is 3.72. The molecule has 23 heavy (non-hydrogen) atoms. The van der Waals surface area contributed by atoms with E-state index in [1.165, 1.54) is 16.7 Å². The molecule has 3 rings (SSSR count). The zero-order valence-corrected chi connectivity index (χ0v) is 14.6. The van der Waals surface area contributed by atoms with Gasteiger partial charge in [-0.15, -0.1) is 11.3 Å². The highest BCUT2D eigenvalue weighted by Crippen LogP contribution is 2.20. The first-order chi connectivity index (χ1) is 11.1. The normalized spacial score (nSPS) is 15.0. The number of piperazine rings is 1. The van der Waals surface area contributed by atoms with E-state index in [1.807, 2.05) is 16.5 Å². The summed E-state index contributed by atoms with van der Waals surface area (Å²) in [6.07, 6.45) is 3.27. The lowest BCUT2D eigenvalue weighted by Crippen LogP contribution is -2.48. The highest BCUT2D eigenvalue weighted by atomic mass is 32.1. The van der Waals surface area contributed by atoms with Crippen molar-refractivity contribution in [1.82, 2.24) is 9.88 Å². The van der Waals surface area contributed by atoms with Crippen LogP contribution in [0.15, 0.2) is 29.8 Å². The quantitative estimate of drug-likeness (QED) is 0.865. The van der Waals surface area contributed by atoms with Crippen molar-refractivity contribution in [3.8, 4) is 0 Å². The van der Waals surface area contributed by atoms with Crippen LogP contribution in [0, 0.1) is 13.8 Å². The summed E-state index contributed by atoms with van der Waals surface area (Å²) in [6.45, 7) is 7.60. The Kier molecular flexibility index (Phi) is 4.96. The number of benzene rings is 1. The lowest BCUT2D eigenvalue weighted by atomic mass is 9.98. The van der Waals surface area contributed by atoms with Gasteiger partial charge in [-0.2, -0.15) is 0 Å². The second kappa shape index (κ2) is 7.13. The number of hydrogen-bond acceptors (Lipinski definition) is 4. The summed E-state index contributed by atoms with van der Waals surface area (Å²) in [7, 11) is 0. The minimum atomic E-state index is 0.270. The van der Waals surface area contributed by atoms with Gasteiger partial charge in [-0.25, -0.2) is 4.98 Å². The van der Waals surface area contributed by atoms with Gasteiger partial charge in [-0.3, -0.25) is 4.79 Å². The summed E-state index contributed by atoms with van der Waals surface area (Å²) < 4.78 is 0. The molecule has 5 heteroatoms. The van der Waals surface area contributed by atoms with Gasteiger partial charge in [0, 0.05) is 44.2 Å². The number of thiazole rings is 1. The molecule has 1 aliphatic heterocycles. The van der Waals surface area contributed by atoms with Gasteiger partial charge >= 0.3 is 0 Å². The van der Waals surface area contributed by atoms with Crippen LogP contribution in [0.3, 0.4) is 0 Å². The number of carbonyl (C=O) groups is 1. The molecule has 0 saturated carbocycles. The Balaban J connectivity index is 1.52. The van der Waals surface area contributed by atoms with E-state index in [0.717, 1.165) is 37.7 Å². The second-order valence-corrected chi connectivity index (χ2v) is 6.93. The molecule has 0 atom stereocenters. The predicted molar refractivity (Wildman–Crippen MR) is 95.1 cm³/mol. The molecule has 2 aromatic rings. The van der Waals surface area contributed by atoms with E-state index < -0.39 is 0 Å². The van der Waals surface area contributed by atoms with Gasteiger partial charge in [0.1, 0.15) is 0 Å². The SMILES string of the molecule is Cc1cccc(C)c1CCC(=O)N1CCN(c2nccs2)CC1. The molecule has 1 aromatic carbocycles. The topological polar surface area (TPSA) is 36.4 Å². The lowest BCUT2D eigenvalue weighted by Gasteiger charge is -2.34. The maximum absolute atomic E-state index is 12.5. The zero-order valence-electron chi connectivity index (χ0n) is 13.8. The summed E-state index contributed by atoms with van der Waals surface area (Å²) in [5, 5.41) is 3.06. The minimum Gasteiger partial charge on any atom is -0.345 e. The summed E-state index contributed by atoms with van der Waals surface area (Å²) in [4.78, 5) is 21.1. The fraction of sp³-hybridized carbons (Fsp3) is 0.444. The van der Waals surface area contributed by atoms with Crippen molar-refractivity contribution in [2.45, 2.75) is 26.7 Å². The zero-order chi connectivity index (χ0) is 16.2. The molecular weight excluding hydrogens is 306 g/mol. The van der Waals surface area contributed by atoms with Crippen LogP contribution in [0.4, 0.5) is 5.13 Å². The Morgan fingerprint density at radius 2 is 1.87 bits per heavy atom. The molecule has 1 aliphatic rings. The van der Waals surface area contributed by atoms with Crippen LogP contribution in [0.5, 0.6) is 0 Å². The van der Waals surface area contributed by atoms with E-state index in [1.54, 1.807) is 11.3 Å². The van der Waals surface area contributed by atoms with Crippen LogP contribution in [-0.4, -0.2) is 42.0 Å². The van der Waals surface area contributed by atoms with Gasteiger partial charge in [-0.05, 0) is 37.0 Å². The molecule has 0 N–H and O–H groups in total. The molecule has 0 radical (unpaired) electrons. The van der Waals surface area contributed by atoms with Gasteiger partial charge < -0.3 is 9.80 Å². The minimum absolute atomic E-state index is 0.270. The average molecular weight is 329 g/mol. The van der Waals surface area contributed by atoms with E-state index >= 15 is 0 Å². The van der Waals surface area contributed by atoms with Gasteiger partial charge in [0.15, 0.2) is 5.13 Å². The number of rotatable bonds is 4. The van der Waals surface area contributed by atoms with Crippen molar-refractivity contribution in [2.24, 2.45) is 0 Å². The number of aryl methyl sites for hydroxylation is 2. The molecule has 0 unspecified atom stereocenters. The molecule has 1 fully saturated rings. The van der Waals surface area contributed by atoms with Gasteiger partial charge in [0.25, 0.3) is 0 Å². The van der Waals surface area contributed by atoms with Gasteiger partial charge in [-0.1, -0.05) is 18.2 Å². The Bertz CT molecular complexity index is 641. The summed E-state index contributed by atoms with van der Waals surface area (Å²) in [6, 6.07) is 6.33.